The third-order valence-electron chi connectivity index (χ3n) is 2.57. The van der Waals surface area contributed by atoms with Crippen LogP contribution in [0.3, 0.4) is 0 Å². The maximum Gasteiger partial charge on any atom is 0.315 e. The van der Waals surface area contributed by atoms with Crippen LogP contribution in [0.15, 0.2) is 30.3 Å². The molecule has 0 aliphatic heterocycles. The quantitative estimate of drug-likeness (QED) is 0.580. The number of carbonyl (C=O) groups is 2. The van der Waals surface area contributed by atoms with Crippen LogP contribution in [0.5, 0.6) is 0 Å². The summed E-state index contributed by atoms with van der Waals surface area (Å²) in [5, 5.41) is 22.7. The molecule has 0 heterocycles. The van der Waals surface area contributed by atoms with Crippen molar-refractivity contribution in [3.8, 4) is 0 Å². The van der Waals surface area contributed by atoms with Crippen molar-refractivity contribution < 1.29 is 19.8 Å². The third-order valence-corrected chi connectivity index (χ3v) is 2.57. The summed E-state index contributed by atoms with van der Waals surface area (Å²) in [6, 6.07) is 9.05. The van der Waals surface area contributed by atoms with Crippen LogP contribution in [0.4, 0.5) is 4.79 Å². The second kappa shape index (κ2) is 8.10. The Morgan fingerprint density at radius 3 is 2.42 bits per heavy atom. The number of aliphatic carboxylic acids is 1. The lowest BCUT2D eigenvalue weighted by Gasteiger charge is -2.13. The van der Waals surface area contributed by atoms with Crippen LogP contribution in [0.25, 0.3) is 0 Å². The molecule has 0 spiro atoms. The van der Waals surface area contributed by atoms with Crippen LogP contribution in [-0.2, 0) is 11.3 Å². The van der Waals surface area contributed by atoms with E-state index >= 15 is 0 Å². The van der Waals surface area contributed by atoms with Crippen LogP contribution in [0.1, 0.15) is 12.0 Å². The van der Waals surface area contributed by atoms with Gasteiger partial charge in [0, 0.05) is 25.6 Å². The molecular weight excluding hydrogens is 248 g/mol. The number of urea groups is 1. The first-order chi connectivity index (χ1) is 9.11. The Bertz CT molecular complexity index is 408. The van der Waals surface area contributed by atoms with Gasteiger partial charge in [-0.25, -0.2) is 4.79 Å². The minimum Gasteiger partial charge on any atom is -0.481 e. The van der Waals surface area contributed by atoms with Crippen molar-refractivity contribution in [2.24, 2.45) is 5.92 Å². The minimum atomic E-state index is -0.995. The highest BCUT2D eigenvalue weighted by Crippen LogP contribution is 2.00. The van der Waals surface area contributed by atoms with Gasteiger partial charge in [-0.15, -0.1) is 0 Å². The van der Waals surface area contributed by atoms with Gasteiger partial charge in [-0.3, -0.25) is 4.79 Å². The second-order valence-electron chi connectivity index (χ2n) is 4.20. The number of carboxylic acids is 1. The zero-order chi connectivity index (χ0) is 14.1. The molecule has 1 aromatic rings. The molecule has 2 amide bonds. The number of nitrogens with one attached hydrogen (secondary N) is 2. The van der Waals surface area contributed by atoms with Crippen LogP contribution in [0.2, 0.25) is 0 Å². The summed E-state index contributed by atoms with van der Waals surface area (Å²) >= 11 is 0. The van der Waals surface area contributed by atoms with Crippen molar-refractivity contribution in [1.82, 2.24) is 10.6 Å². The number of aliphatic hydroxyl groups is 1. The van der Waals surface area contributed by atoms with E-state index in [1.54, 1.807) is 0 Å². The van der Waals surface area contributed by atoms with E-state index in [0.29, 0.717) is 6.54 Å². The number of hydrogen-bond donors (Lipinski definition) is 4. The number of carboxylic acid groups (broad SMARTS) is 1. The summed E-state index contributed by atoms with van der Waals surface area (Å²) in [5.41, 5.74) is 0.974. The standard InChI is InChI=1S/C13H18N2O4/c16-9-11(6-12(17)18)8-15-13(19)14-7-10-4-2-1-3-5-10/h1-5,11,16H,6-9H2,(H,17,18)(H2,14,15,19). The number of carbonyl (C=O) groups excluding carboxylic acids is 1. The van der Waals surface area contributed by atoms with Gasteiger partial charge in [-0.05, 0) is 5.56 Å². The van der Waals surface area contributed by atoms with Crippen LogP contribution >= 0.6 is 0 Å². The Morgan fingerprint density at radius 2 is 1.84 bits per heavy atom. The van der Waals surface area contributed by atoms with Gasteiger partial charge >= 0.3 is 12.0 Å². The molecule has 0 aromatic heterocycles. The third kappa shape index (κ3) is 6.42. The molecule has 4 N–H and O–H groups in total. The van der Waals surface area contributed by atoms with E-state index in [1.165, 1.54) is 0 Å². The van der Waals surface area contributed by atoms with E-state index in [2.05, 4.69) is 10.6 Å². The molecule has 0 aliphatic carbocycles. The highest BCUT2D eigenvalue weighted by atomic mass is 16.4. The molecule has 1 aromatic carbocycles. The van der Waals surface area contributed by atoms with Gasteiger partial charge < -0.3 is 20.8 Å². The molecule has 1 rings (SSSR count). The fourth-order valence-corrected chi connectivity index (χ4v) is 1.53. The summed E-state index contributed by atoms with van der Waals surface area (Å²) < 4.78 is 0. The summed E-state index contributed by atoms with van der Waals surface area (Å²) in [6.07, 6.45) is -0.171. The summed E-state index contributed by atoms with van der Waals surface area (Å²) in [6.45, 7) is 0.254. The Hall–Kier alpha value is -2.08. The molecule has 0 saturated heterocycles. The zero-order valence-corrected chi connectivity index (χ0v) is 10.5. The van der Waals surface area contributed by atoms with Crippen molar-refractivity contribution >= 4 is 12.0 Å². The molecule has 6 heteroatoms. The number of aliphatic hydroxyl groups excluding tert-OH is 1. The minimum absolute atomic E-state index is 0.128. The van der Waals surface area contributed by atoms with Crippen LogP contribution in [0, 0.1) is 5.92 Å². The van der Waals surface area contributed by atoms with E-state index in [-0.39, 0.29) is 25.6 Å². The smallest absolute Gasteiger partial charge is 0.315 e. The first-order valence-electron chi connectivity index (χ1n) is 6.00. The number of rotatable bonds is 7. The molecule has 1 atom stereocenters. The van der Waals surface area contributed by atoms with Gasteiger partial charge in [0.1, 0.15) is 0 Å². The van der Waals surface area contributed by atoms with Crippen LogP contribution in [-0.4, -0.2) is 35.4 Å². The second-order valence-corrected chi connectivity index (χ2v) is 4.20. The number of benzene rings is 1. The summed E-state index contributed by atoms with van der Waals surface area (Å²) in [7, 11) is 0. The van der Waals surface area contributed by atoms with Gasteiger partial charge in [-0.2, -0.15) is 0 Å². The first-order valence-corrected chi connectivity index (χ1v) is 6.00. The predicted octanol–water partition coefficient (Wildman–Crippen LogP) is 0.569. The van der Waals surface area contributed by atoms with E-state index in [0.717, 1.165) is 5.56 Å². The van der Waals surface area contributed by atoms with E-state index in [4.69, 9.17) is 10.2 Å². The molecule has 0 radical (unpaired) electrons. The Balaban J connectivity index is 2.25. The highest BCUT2D eigenvalue weighted by molar-refractivity contribution is 5.74. The number of amides is 2. The maximum absolute atomic E-state index is 11.5. The Labute approximate surface area is 111 Å². The molecule has 0 bridgehead atoms. The fraction of sp³-hybridized carbons (Fsp3) is 0.385. The van der Waals surface area contributed by atoms with Crippen molar-refractivity contribution in [3.05, 3.63) is 35.9 Å². The number of hydrogen-bond acceptors (Lipinski definition) is 3. The Morgan fingerprint density at radius 1 is 1.16 bits per heavy atom. The maximum atomic E-state index is 11.5. The Kier molecular flexibility index (Phi) is 6.38. The highest BCUT2D eigenvalue weighted by Gasteiger charge is 2.13. The van der Waals surface area contributed by atoms with Crippen molar-refractivity contribution in [2.75, 3.05) is 13.2 Å². The van der Waals surface area contributed by atoms with E-state index in [1.807, 2.05) is 30.3 Å². The van der Waals surface area contributed by atoms with E-state index < -0.39 is 11.9 Å². The fourth-order valence-electron chi connectivity index (χ4n) is 1.53. The molecule has 6 nitrogen and oxygen atoms in total. The molecule has 0 fully saturated rings. The molecule has 0 saturated carbocycles. The molecule has 19 heavy (non-hydrogen) atoms. The van der Waals surface area contributed by atoms with E-state index in [9.17, 15) is 9.59 Å². The van der Waals surface area contributed by atoms with Gasteiger partial charge in [0.15, 0.2) is 0 Å². The van der Waals surface area contributed by atoms with Crippen LogP contribution < -0.4 is 10.6 Å². The summed E-state index contributed by atoms with van der Waals surface area (Å²) in [5.74, 6) is -1.47. The van der Waals surface area contributed by atoms with Gasteiger partial charge in [0.05, 0.1) is 6.42 Å². The lowest BCUT2D eigenvalue weighted by Crippen LogP contribution is -2.39. The average Bonchev–Trinajstić information content (AvgIpc) is 2.42. The average molecular weight is 266 g/mol. The molecule has 1 unspecified atom stereocenters. The van der Waals surface area contributed by atoms with Crippen molar-refractivity contribution in [2.45, 2.75) is 13.0 Å². The SMILES string of the molecule is O=C(O)CC(CO)CNC(=O)NCc1ccccc1. The lowest BCUT2D eigenvalue weighted by molar-refractivity contribution is -0.138. The molecule has 104 valence electrons. The zero-order valence-electron chi connectivity index (χ0n) is 10.5. The van der Waals surface area contributed by atoms with Gasteiger partial charge in [0.2, 0.25) is 0 Å². The first kappa shape index (κ1) is 15.0. The largest absolute Gasteiger partial charge is 0.481 e. The normalized spacial score (nSPS) is 11.6. The summed E-state index contributed by atoms with van der Waals surface area (Å²) in [4.78, 5) is 22.0. The predicted molar refractivity (Wildman–Crippen MR) is 69.5 cm³/mol. The molecular formula is C13H18N2O4. The van der Waals surface area contributed by atoms with Gasteiger partial charge in [0.25, 0.3) is 0 Å². The monoisotopic (exact) mass is 266 g/mol. The topological polar surface area (TPSA) is 98.7 Å². The van der Waals surface area contributed by atoms with Crippen molar-refractivity contribution in [3.63, 3.8) is 0 Å². The lowest BCUT2D eigenvalue weighted by atomic mass is 10.1. The van der Waals surface area contributed by atoms with Gasteiger partial charge in [-0.1, -0.05) is 30.3 Å². The van der Waals surface area contributed by atoms with Crippen molar-refractivity contribution in [1.29, 1.82) is 0 Å². The molecule has 0 aliphatic rings.